The first-order valence-electron chi connectivity index (χ1n) is 7.08. The van der Waals surface area contributed by atoms with Gasteiger partial charge in [-0.3, -0.25) is 4.79 Å². The molecule has 0 aliphatic heterocycles. The van der Waals surface area contributed by atoms with Crippen LogP contribution in [0.4, 0.5) is 13.2 Å². The molecule has 2 aromatic carbocycles. The molecule has 0 heterocycles. The van der Waals surface area contributed by atoms with Crippen LogP contribution >= 0.6 is 0 Å². The number of carbonyl (C=O) groups excluding carboxylic acids is 1. The lowest BCUT2D eigenvalue weighted by atomic mass is 10.1. The van der Waals surface area contributed by atoms with Gasteiger partial charge in [0.05, 0.1) is 12.5 Å². The lowest BCUT2D eigenvalue weighted by Gasteiger charge is -2.13. The number of hydrogen-bond donors (Lipinski definition) is 2. The van der Waals surface area contributed by atoms with E-state index in [1.807, 2.05) is 0 Å². The zero-order valence-corrected chi connectivity index (χ0v) is 12.2. The van der Waals surface area contributed by atoms with E-state index in [9.17, 15) is 23.1 Å². The van der Waals surface area contributed by atoms with Gasteiger partial charge in [-0.15, -0.1) is 0 Å². The Morgan fingerprint density at radius 1 is 1.04 bits per heavy atom. The summed E-state index contributed by atoms with van der Waals surface area (Å²) >= 11 is 0. The summed E-state index contributed by atoms with van der Waals surface area (Å²) in [6.45, 7) is -0.107. The maximum atomic E-state index is 13.5. The Hall–Kier alpha value is -2.34. The van der Waals surface area contributed by atoms with Crippen molar-refractivity contribution in [2.24, 2.45) is 0 Å². The van der Waals surface area contributed by atoms with E-state index in [4.69, 9.17) is 0 Å². The molecule has 0 unspecified atom stereocenters. The maximum absolute atomic E-state index is 13.5. The number of amides is 1. The van der Waals surface area contributed by atoms with Crippen molar-refractivity contribution in [3.63, 3.8) is 0 Å². The Bertz CT molecular complexity index is 691. The van der Waals surface area contributed by atoms with E-state index in [0.717, 1.165) is 12.1 Å². The second-order valence-corrected chi connectivity index (χ2v) is 5.17. The van der Waals surface area contributed by atoms with Crippen LogP contribution in [0.5, 0.6) is 0 Å². The Kier molecular flexibility index (Phi) is 5.76. The van der Waals surface area contributed by atoms with Gasteiger partial charge < -0.3 is 10.4 Å². The van der Waals surface area contributed by atoms with Gasteiger partial charge >= 0.3 is 0 Å². The molecule has 1 amide bonds. The highest BCUT2D eigenvalue weighted by Gasteiger charge is 2.13. The molecular formula is C17H16F3NO2. The van der Waals surface area contributed by atoms with E-state index in [-0.39, 0.29) is 30.5 Å². The number of halogens is 3. The topological polar surface area (TPSA) is 49.3 Å². The zero-order valence-electron chi connectivity index (χ0n) is 12.2. The summed E-state index contributed by atoms with van der Waals surface area (Å²) in [5.41, 5.74) is 0.409. The summed E-state index contributed by atoms with van der Waals surface area (Å²) in [4.78, 5) is 11.7. The molecule has 0 aliphatic carbocycles. The van der Waals surface area contributed by atoms with E-state index < -0.39 is 29.5 Å². The fourth-order valence-electron chi connectivity index (χ4n) is 2.12. The van der Waals surface area contributed by atoms with Crippen LogP contribution in [0.15, 0.2) is 42.5 Å². The zero-order chi connectivity index (χ0) is 16.8. The van der Waals surface area contributed by atoms with Gasteiger partial charge in [-0.05, 0) is 23.3 Å². The summed E-state index contributed by atoms with van der Waals surface area (Å²) in [6.07, 6.45) is -1.24. The molecule has 0 bridgehead atoms. The van der Waals surface area contributed by atoms with Crippen molar-refractivity contribution in [3.8, 4) is 0 Å². The SMILES string of the molecule is O=C(Cc1ccccc1F)NC[C@H](O)Cc1ccc(F)cc1F. The van der Waals surface area contributed by atoms with Crippen LogP contribution in [-0.2, 0) is 17.6 Å². The number of rotatable bonds is 6. The molecule has 0 saturated carbocycles. The van der Waals surface area contributed by atoms with Crippen molar-refractivity contribution >= 4 is 5.91 Å². The molecule has 2 N–H and O–H groups in total. The Morgan fingerprint density at radius 2 is 1.78 bits per heavy atom. The average molecular weight is 323 g/mol. The molecule has 2 aromatic rings. The second kappa shape index (κ2) is 7.78. The summed E-state index contributed by atoms with van der Waals surface area (Å²) in [5.74, 6) is -2.37. The van der Waals surface area contributed by atoms with Crippen LogP contribution in [0.25, 0.3) is 0 Å². The minimum absolute atomic E-state index is 0.0634. The molecule has 0 spiro atoms. The Morgan fingerprint density at radius 3 is 2.48 bits per heavy atom. The third kappa shape index (κ3) is 5.10. The third-order valence-electron chi connectivity index (χ3n) is 3.31. The first-order chi connectivity index (χ1) is 11.0. The van der Waals surface area contributed by atoms with E-state index in [1.54, 1.807) is 6.07 Å². The minimum Gasteiger partial charge on any atom is -0.391 e. The van der Waals surface area contributed by atoms with Crippen LogP contribution < -0.4 is 5.32 Å². The third-order valence-corrected chi connectivity index (χ3v) is 3.31. The lowest BCUT2D eigenvalue weighted by Crippen LogP contribution is -2.34. The van der Waals surface area contributed by atoms with Crippen molar-refractivity contribution in [1.29, 1.82) is 0 Å². The molecule has 0 aliphatic rings. The van der Waals surface area contributed by atoms with Crippen LogP contribution in [0.3, 0.4) is 0 Å². The van der Waals surface area contributed by atoms with Gasteiger partial charge in [-0.25, -0.2) is 13.2 Å². The smallest absolute Gasteiger partial charge is 0.224 e. The predicted molar refractivity (Wildman–Crippen MR) is 79.2 cm³/mol. The van der Waals surface area contributed by atoms with Crippen molar-refractivity contribution < 1.29 is 23.1 Å². The van der Waals surface area contributed by atoms with Crippen molar-refractivity contribution in [2.45, 2.75) is 18.9 Å². The van der Waals surface area contributed by atoms with Crippen LogP contribution in [0, 0.1) is 17.5 Å². The quantitative estimate of drug-likeness (QED) is 0.857. The lowest BCUT2D eigenvalue weighted by molar-refractivity contribution is -0.120. The van der Waals surface area contributed by atoms with Gasteiger partial charge in [0.15, 0.2) is 0 Å². The van der Waals surface area contributed by atoms with Gasteiger partial charge in [-0.2, -0.15) is 0 Å². The normalized spacial score (nSPS) is 12.0. The first-order valence-corrected chi connectivity index (χ1v) is 7.08. The largest absolute Gasteiger partial charge is 0.391 e. The molecule has 1 atom stereocenters. The van der Waals surface area contributed by atoms with Crippen molar-refractivity contribution in [1.82, 2.24) is 5.32 Å². The van der Waals surface area contributed by atoms with Gasteiger partial charge in [0, 0.05) is 19.0 Å². The van der Waals surface area contributed by atoms with Crippen LogP contribution in [0.2, 0.25) is 0 Å². The Labute approximate surface area is 131 Å². The molecule has 6 heteroatoms. The maximum Gasteiger partial charge on any atom is 0.224 e. The number of hydrogen-bond acceptors (Lipinski definition) is 2. The highest BCUT2D eigenvalue weighted by Crippen LogP contribution is 2.12. The number of nitrogens with one attached hydrogen (secondary N) is 1. The van der Waals surface area contributed by atoms with Gasteiger partial charge in [0.25, 0.3) is 0 Å². The van der Waals surface area contributed by atoms with Crippen molar-refractivity contribution in [3.05, 3.63) is 71.0 Å². The van der Waals surface area contributed by atoms with E-state index in [2.05, 4.69) is 5.32 Å². The van der Waals surface area contributed by atoms with Crippen LogP contribution in [0.1, 0.15) is 11.1 Å². The average Bonchev–Trinajstić information content (AvgIpc) is 2.50. The minimum atomic E-state index is -1.03. The number of benzene rings is 2. The monoisotopic (exact) mass is 323 g/mol. The van der Waals surface area contributed by atoms with Gasteiger partial charge in [0.1, 0.15) is 17.5 Å². The predicted octanol–water partition coefficient (Wildman–Crippen LogP) is 2.37. The molecular weight excluding hydrogens is 307 g/mol. The van der Waals surface area contributed by atoms with Gasteiger partial charge in [-0.1, -0.05) is 24.3 Å². The Balaban J connectivity index is 1.83. The number of aliphatic hydroxyl groups excluding tert-OH is 1. The second-order valence-electron chi connectivity index (χ2n) is 5.17. The fraction of sp³-hybridized carbons (Fsp3) is 0.235. The highest BCUT2D eigenvalue weighted by molar-refractivity contribution is 5.78. The molecule has 2 rings (SSSR count). The van der Waals surface area contributed by atoms with Gasteiger partial charge in [0.2, 0.25) is 5.91 Å². The molecule has 0 radical (unpaired) electrons. The van der Waals surface area contributed by atoms with E-state index in [1.165, 1.54) is 24.3 Å². The molecule has 23 heavy (non-hydrogen) atoms. The number of aliphatic hydroxyl groups is 1. The molecule has 0 aromatic heterocycles. The first kappa shape index (κ1) is 17.0. The molecule has 3 nitrogen and oxygen atoms in total. The standard InChI is InChI=1S/C17H16F3NO2/c18-13-6-5-12(16(20)9-13)7-14(22)10-21-17(23)8-11-3-1-2-4-15(11)19/h1-6,9,14,22H,7-8,10H2,(H,21,23)/t14-/m1/s1. The van der Waals surface area contributed by atoms with E-state index >= 15 is 0 Å². The van der Waals surface area contributed by atoms with Crippen molar-refractivity contribution in [2.75, 3.05) is 6.54 Å². The summed E-state index contributed by atoms with van der Waals surface area (Å²) in [5, 5.41) is 12.3. The molecule has 122 valence electrons. The number of carbonyl (C=O) groups is 1. The van der Waals surface area contributed by atoms with E-state index in [0.29, 0.717) is 0 Å². The molecule has 0 fully saturated rings. The molecule has 0 saturated heterocycles. The summed E-state index contributed by atoms with van der Waals surface area (Å²) in [6, 6.07) is 8.99. The highest BCUT2D eigenvalue weighted by atomic mass is 19.1. The summed E-state index contributed by atoms with van der Waals surface area (Å²) < 4.78 is 39.7. The van der Waals surface area contributed by atoms with Crippen LogP contribution in [-0.4, -0.2) is 23.7 Å². The fourth-order valence-corrected chi connectivity index (χ4v) is 2.12. The summed E-state index contributed by atoms with van der Waals surface area (Å²) in [7, 11) is 0.